The van der Waals surface area contributed by atoms with Crippen molar-refractivity contribution >= 4 is 23.3 Å². The van der Waals surface area contributed by atoms with Crippen LogP contribution in [0.4, 0.5) is 0 Å². The number of nitriles is 1. The second kappa shape index (κ2) is 4.13. The van der Waals surface area contributed by atoms with Gasteiger partial charge in [-0.25, -0.2) is 0 Å². The summed E-state index contributed by atoms with van der Waals surface area (Å²) in [6.07, 6.45) is 1.52. The van der Waals surface area contributed by atoms with Crippen molar-refractivity contribution in [2.75, 3.05) is 0 Å². The largest absolute Gasteiger partial charge is 0.364 e. The average Bonchev–Trinajstić information content (AvgIpc) is 2.99. The Hall–Kier alpha value is -2.39. The van der Waals surface area contributed by atoms with Crippen LogP contribution in [-0.2, 0) is 6.54 Å². The third-order valence-corrected chi connectivity index (χ3v) is 3.04. The molecule has 0 fully saturated rings. The first kappa shape index (κ1) is 10.7. The van der Waals surface area contributed by atoms with Gasteiger partial charge in [0.2, 0.25) is 0 Å². The van der Waals surface area contributed by atoms with Crippen LogP contribution in [-0.4, -0.2) is 14.7 Å². The fraction of sp³-hybridized carbons (Fsp3) is 0.0833. The molecule has 1 aromatic carbocycles. The van der Waals surface area contributed by atoms with Crippen molar-refractivity contribution in [2.24, 2.45) is 0 Å². The van der Waals surface area contributed by atoms with Gasteiger partial charge in [-0.2, -0.15) is 5.26 Å². The first-order valence-electron chi connectivity index (χ1n) is 5.30. The van der Waals surface area contributed by atoms with Crippen molar-refractivity contribution in [1.29, 1.82) is 5.26 Å². The topological polar surface area (TPSA) is 70.5 Å². The zero-order chi connectivity index (χ0) is 12.5. The van der Waals surface area contributed by atoms with Crippen LogP contribution < -0.4 is 0 Å². The van der Waals surface area contributed by atoms with E-state index in [0.29, 0.717) is 16.9 Å². The van der Waals surface area contributed by atoms with Crippen molar-refractivity contribution in [2.45, 2.75) is 6.54 Å². The Bertz CT molecular complexity index is 792. The maximum Gasteiger partial charge on any atom is 0.178 e. The van der Waals surface area contributed by atoms with Crippen LogP contribution in [0.1, 0.15) is 11.3 Å². The molecule has 88 valence electrons. The first-order valence-corrected chi connectivity index (χ1v) is 5.70. The molecular formula is C12H8N4OS. The summed E-state index contributed by atoms with van der Waals surface area (Å²) in [7, 11) is 0. The molecule has 0 aliphatic heterocycles. The van der Waals surface area contributed by atoms with Crippen molar-refractivity contribution in [3.8, 4) is 6.07 Å². The number of rotatable bonds is 2. The van der Waals surface area contributed by atoms with E-state index in [-0.39, 0.29) is 0 Å². The van der Waals surface area contributed by atoms with E-state index in [9.17, 15) is 0 Å². The van der Waals surface area contributed by atoms with Crippen molar-refractivity contribution in [3.63, 3.8) is 0 Å². The monoisotopic (exact) mass is 256 g/mol. The molecular weight excluding hydrogens is 248 g/mol. The minimum absolute atomic E-state index is 0.518. The number of aromatic amines is 1. The van der Waals surface area contributed by atoms with Crippen molar-refractivity contribution in [1.82, 2.24) is 14.7 Å². The van der Waals surface area contributed by atoms with Gasteiger partial charge in [0.1, 0.15) is 12.0 Å². The summed E-state index contributed by atoms with van der Waals surface area (Å²) in [6, 6.07) is 9.32. The Morgan fingerprint density at radius 2 is 2.33 bits per heavy atom. The highest BCUT2D eigenvalue weighted by Gasteiger charge is 2.07. The van der Waals surface area contributed by atoms with Crippen LogP contribution in [0, 0.1) is 16.1 Å². The molecule has 3 aromatic rings. The second-order valence-electron chi connectivity index (χ2n) is 3.85. The summed E-state index contributed by atoms with van der Waals surface area (Å²) in [5, 5.41) is 12.8. The lowest BCUT2D eigenvalue weighted by molar-refractivity contribution is 0.410. The summed E-state index contributed by atoms with van der Waals surface area (Å²) in [6.45, 7) is 0.518. The predicted octanol–water partition coefficient (Wildman–Crippen LogP) is 2.61. The molecule has 5 nitrogen and oxygen atoms in total. The van der Waals surface area contributed by atoms with Gasteiger partial charge in [-0.15, -0.1) is 0 Å². The Morgan fingerprint density at radius 3 is 3.06 bits per heavy atom. The fourth-order valence-electron chi connectivity index (χ4n) is 1.86. The Kier molecular flexibility index (Phi) is 2.46. The number of fused-ring (bicyclic) bond motifs is 1. The van der Waals surface area contributed by atoms with Crippen LogP contribution >= 0.6 is 12.2 Å². The Morgan fingerprint density at radius 1 is 1.44 bits per heavy atom. The molecule has 0 radical (unpaired) electrons. The molecule has 2 heterocycles. The van der Waals surface area contributed by atoms with Gasteiger partial charge in [0.05, 0.1) is 29.2 Å². The third-order valence-electron chi connectivity index (χ3n) is 2.72. The van der Waals surface area contributed by atoms with Gasteiger partial charge in [0.25, 0.3) is 0 Å². The van der Waals surface area contributed by atoms with Gasteiger partial charge >= 0.3 is 0 Å². The van der Waals surface area contributed by atoms with Crippen molar-refractivity contribution < 1.29 is 4.52 Å². The SMILES string of the molecule is N#Cc1ccc2[nH]c(=S)n(Cc3ccon3)c2c1. The summed E-state index contributed by atoms with van der Waals surface area (Å²) in [5.74, 6) is 0. The maximum absolute atomic E-state index is 8.93. The van der Waals surface area contributed by atoms with E-state index in [0.717, 1.165) is 16.7 Å². The summed E-state index contributed by atoms with van der Waals surface area (Å²) in [4.78, 5) is 3.10. The standard InChI is InChI=1S/C12H8N4OS/c13-6-8-1-2-10-11(5-8)16(12(18)14-10)7-9-3-4-17-15-9/h1-5H,7H2,(H,14,18). The molecule has 6 heteroatoms. The van der Waals surface area contributed by atoms with E-state index in [4.69, 9.17) is 22.0 Å². The van der Waals surface area contributed by atoms with Crippen molar-refractivity contribution in [3.05, 3.63) is 46.6 Å². The van der Waals surface area contributed by atoms with E-state index < -0.39 is 0 Å². The van der Waals surface area contributed by atoms with E-state index in [1.165, 1.54) is 6.26 Å². The summed E-state index contributed by atoms with van der Waals surface area (Å²) in [5.41, 5.74) is 3.18. The van der Waals surface area contributed by atoms with Crippen LogP contribution in [0.15, 0.2) is 35.1 Å². The molecule has 0 unspecified atom stereocenters. The highest BCUT2D eigenvalue weighted by molar-refractivity contribution is 7.71. The molecule has 0 spiro atoms. The number of hydrogen-bond donors (Lipinski definition) is 1. The van der Waals surface area contributed by atoms with Gasteiger partial charge in [-0.3, -0.25) is 0 Å². The lowest BCUT2D eigenvalue weighted by Gasteiger charge is -2.01. The van der Waals surface area contributed by atoms with Crippen LogP contribution in [0.2, 0.25) is 0 Å². The summed E-state index contributed by atoms with van der Waals surface area (Å²) < 4.78 is 7.29. The highest BCUT2D eigenvalue weighted by Crippen LogP contribution is 2.17. The smallest absolute Gasteiger partial charge is 0.178 e. The minimum atomic E-state index is 0.518. The quantitative estimate of drug-likeness (QED) is 0.715. The first-order chi connectivity index (χ1) is 8.78. The van der Waals surface area contributed by atoms with E-state index in [1.807, 2.05) is 16.7 Å². The van der Waals surface area contributed by atoms with Gasteiger partial charge in [0, 0.05) is 6.07 Å². The lowest BCUT2D eigenvalue weighted by Crippen LogP contribution is -1.99. The van der Waals surface area contributed by atoms with Gasteiger partial charge < -0.3 is 14.1 Å². The van der Waals surface area contributed by atoms with Crippen LogP contribution in [0.25, 0.3) is 11.0 Å². The maximum atomic E-state index is 8.93. The van der Waals surface area contributed by atoms with E-state index >= 15 is 0 Å². The number of nitrogens with one attached hydrogen (secondary N) is 1. The molecule has 0 aliphatic carbocycles. The molecule has 0 bridgehead atoms. The lowest BCUT2D eigenvalue weighted by atomic mass is 10.2. The predicted molar refractivity (Wildman–Crippen MR) is 67.4 cm³/mol. The minimum Gasteiger partial charge on any atom is -0.364 e. The third kappa shape index (κ3) is 1.71. The molecule has 1 N–H and O–H groups in total. The van der Waals surface area contributed by atoms with E-state index in [2.05, 4.69) is 16.2 Å². The number of imidazole rings is 1. The molecule has 0 amide bonds. The molecule has 0 atom stereocenters. The zero-order valence-corrected chi connectivity index (χ0v) is 10.1. The zero-order valence-electron chi connectivity index (χ0n) is 9.25. The summed E-state index contributed by atoms with van der Waals surface area (Å²) >= 11 is 5.27. The van der Waals surface area contributed by atoms with Gasteiger partial charge in [-0.1, -0.05) is 5.16 Å². The molecule has 0 saturated carbocycles. The van der Waals surface area contributed by atoms with Gasteiger partial charge in [0.15, 0.2) is 4.77 Å². The molecule has 0 aliphatic rings. The number of hydrogen-bond acceptors (Lipinski definition) is 4. The number of benzene rings is 1. The van der Waals surface area contributed by atoms with Crippen LogP contribution in [0.5, 0.6) is 0 Å². The highest BCUT2D eigenvalue weighted by atomic mass is 32.1. The second-order valence-corrected chi connectivity index (χ2v) is 4.24. The number of H-pyrrole nitrogens is 1. The fourth-order valence-corrected chi connectivity index (χ4v) is 2.13. The molecule has 2 aromatic heterocycles. The van der Waals surface area contributed by atoms with Crippen LogP contribution in [0.3, 0.4) is 0 Å². The number of nitrogens with zero attached hydrogens (tertiary/aromatic N) is 3. The normalized spacial score (nSPS) is 10.6. The Labute approximate surface area is 107 Å². The number of aromatic nitrogens is 3. The molecule has 3 rings (SSSR count). The van der Waals surface area contributed by atoms with Gasteiger partial charge in [-0.05, 0) is 30.4 Å². The molecule has 18 heavy (non-hydrogen) atoms. The molecule has 0 saturated heterocycles. The Balaban J connectivity index is 2.18. The average molecular weight is 256 g/mol. The van der Waals surface area contributed by atoms with E-state index in [1.54, 1.807) is 12.1 Å².